The van der Waals surface area contributed by atoms with Gasteiger partial charge in [0, 0.05) is 7.05 Å². The average Bonchev–Trinajstić information content (AvgIpc) is 3.17. The minimum absolute atomic E-state index is 0.0426. The summed E-state index contributed by atoms with van der Waals surface area (Å²) >= 11 is 1.36. The van der Waals surface area contributed by atoms with Crippen molar-refractivity contribution >= 4 is 28.4 Å². The second kappa shape index (κ2) is 9.87. The second-order valence-electron chi connectivity index (χ2n) is 7.64. The third-order valence-corrected chi connectivity index (χ3v) is 6.46. The van der Waals surface area contributed by atoms with Crippen molar-refractivity contribution in [3.63, 3.8) is 0 Å². The van der Waals surface area contributed by atoms with E-state index in [0.717, 1.165) is 16.9 Å². The summed E-state index contributed by atoms with van der Waals surface area (Å²) in [4.78, 5) is 12.4. The molecule has 0 aliphatic rings. The molecule has 0 fully saturated rings. The molecule has 0 saturated carbocycles. The van der Waals surface area contributed by atoms with Gasteiger partial charge in [-0.1, -0.05) is 72.4 Å². The van der Waals surface area contributed by atoms with Crippen molar-refractivity contribution in [1.82, 2.24) is 20.1 Å². The molecule has 7 heteroatoms. The van der Waals surface area contributed by atoms with Crippen LogP contribution in [0, 0.1) is 6.92 Å². The lowest BCUT2D eigenvalue weighted by atomic mass is 10.0. The van der Waals surface area contributed by atoms with Crippen molar-refractivity contribution < 1.29 is 9.53 Å². The normalized spacial score (nSPS) is 12.0. The number of nitrogens with zero attached hydrogens (tertiary/aromatic N) is 3. The molecule has 3 aromatic carbocycles. The van der Waals surface area contributed by atoms with E-state index in [1.165, 1.54) is 22.5 Å². The number of carbonyl (C=O) groups is 1. The number of hydrogen-bond donors (Lipinski definition) is 1. The lowest BCUT2D eigenvalue weighted by Gasteiger charge is -2.14. The molecular formula is C25H26N4O2S. The van der Waals surface area contributed by atoms with Crippen molar-refractivity contribution in [2.24, 2.45) is 7.05 Å². The Morgan fingerprint density at radius 2 is 1.81 bits per heavy atom. The van der Waals surface area contributed by atoms with Crippen LogP contribution in [0.4, 0.5) is 0 Å². The number of hydrogen-bond acceptors (Lipinski definition) is 5. The smallest absolute Gasteiger partial charge is 0.230 e. The first kappa shape index (κ1) is 21.9. The minimum Gasteiger partial charge on any atom is -0.485 e. The van der Waals surface area contributed by atoms with Crippen LogP contribution < -0.4 is 10.1 Å². The van der Waals surface area contributed by atoms with Gasteiger partial charge < -0.3 is 14.6 Å². The van der Waals surface area contributed by atoms with Gasteiger partial charge in [0.15, 0.2) is 11.0 Å². The van der Waals surface area contributed by atoms with E-state index in [9.17, 15) is 4.79 Å². The van der Waals surface area contributed by atoms with Crippen molar-refractivity contribution in [2.75, 3.05) is 5.75 Å². The molecule has 0 saturated heterocycles. The Hall–Kier alpha value is -3.32. The second-order valence-corrected chi connectivity index (χ2v) is 8.59. The molecule has 0 aliphatic carbocycles. The summed E-state index contributed by atoms with van der Waals surface area (Å²) in [5.74, 6) is 1.76. The van der Waals surface area contributed by atoms with E-state index in [0.29, 0.717) is 17.6 Å². The average molecular weight is 447 g/mol. The van der Waals surface area contributed by atoms with Gasteiger partial charge in [0.25, 0.3) is 0 Å². The van der Waals surface area contributed by atoms with Crippen LogP contribution in [0.15, 0.2) is 71.9 Å². The molecule has 1 amide bonds. The maximum atomic E-state index is 12.4. The Kier molecular flexibility index (Phi) is 6.75. The monoisotopic (exact) mass is 446 g/mol. The van der Waals surface area contributed by atoms with Crippen LogP contribution in [0.1, 0.15) is 29.9 Å². The Morgan fingerprint density at radius 1 is 1.06 bits per heavy atom. The number of aryl methyl sites for hydroxylation is 1. The van der Waals surface area contributed by atoms with Gasteiger partial charge in [0.2, 0.25) is 5.91 Å². The number of benzene rings is 3. The van der Waals surface area contributed by atoms with E-state index in [2.05, 4.69) is 40.6 Å². The molecule has 0 radical (unpaired) electrons. The fraction of sp³-hybridized carbons (Fsp3) is 0.240. The van der Waals surface area contributed by atoms with Crippen LogP contribution in [0.3, 0.4) is 0 Å². The molecule has 1 aromatic heterocycles. The molecular weight excluding hydrogens is 420 g/mol. The summed E-state index contributed by atoms with van der Waals surface area (Å²) < 4.78 is 7.91. The maximum absolute atomic E-state index is 12.4. The quantitative estimate of drug-likeness (QED) is 0.393. The van der Waals surface area contributed by atoms with Crippen LogP contribution in [0.2, 0.25) is 0 Å². The van der Waals surface area contributed by atoms with E-state index in [-0.39, 0.29) is 17.7 Å². The van der Waals surface area contributed by atoms with Gasteiger partial charge in [0.05, 0.1) is 11.8 Å². The fourth-order valence-corrected chi connectivity index (χ4v) is 4.28. The number of amides is 1. The highest BCUT2D eigenvalue weighted by atomic mass is 32.2. The third kappa shape index (κ3) is 4.94. The number of aromatic nitrogens is 3. The topological polar surface area (TPSA) is 69.0 Å². The molecule has 0 aliphatic heterocycles. The lowest BCUT2D eigenvalue weighted by molar-refractivity contribution is -0.119. The molecule has 1 atom stereocenters. The van der Waals surface area contributed by atoms with Crippen molar-refractivity contribution in [3.8, 4) is 5.75 Å². The molecule has 1 N–H and O–H groups in total. The standard InChI is InChI=1S/C25H26N4O2S/c1-17-21-12-8-7-11-20(21)13-14-22(17)31-15-23-27-28-25(29(23)3)32-16-24(30)26-18(2)19-9-5-4-6-10-19/h4-14,18H,15-16H2,1-3H3,(H,26,30)/t18-/m1/s1. The zero-order valence-corrected chi connectivity index (χ0v) is 19.2. The van der Waals surface area contributed by atoms with Gasteiger partial charge in [-0.15, -0.1) is 10.2 Å². The Bertz CT molecular complexity index is 1220. The third-order valence-electron chi connectivity index (χ3n) is 5.44. The molecule has 0 spiro atoms. The van der Waals surface area contributed by atoms with Gasteiger partial charge in [-0.05, 0) is 41.8 Å². The minimum atomic E-state index is -0.0436. The predicted octanol–water partition coefficient (Wildman–Crippen LogP) is 4.83. The Balaban J connectivity index is 1.33. The van der Waals surface area contributed by atoms with Crippen LogP contribution in [-0.4, -0.2) is 26.4 Å². The highest BCUT2D eigenvalue weighted by Gasteiger charge is 2.14. The van der Waals surface area contributed by atoms with Crippen molar-refractivity contribution in [2.45, 2.75) is 31.7 Å². The summed E-state index contributed by atoms with van der Waals surface area (Å²) in [6.07, 6.45) is 0. The van der Waals surface area contributed by atoms with Crippen LogP contribution in [0.5, 0.6) is 5.75 Å². The molecule has 164 valence electrons. The molecule has 0 unspecified atom stereocenters. The highest BCUT2D eigenvalue weighted by molar-refractivity contribution is 7.99. The molecule has 0 bridgehead atoms. The molecule has 4 aromatic rings. The number of ether oxygens (including phenoxy) is 1. The first-order valence-corrected chi connectivity index (χ1v) is 11.5. The van der Waals surface area contributed by atoms with E-state index in [1.807, 2.05) is 67.1 Å². The number of carbonyl (C=O) groups excluding carboxylic acids is 1. The molecule has 1 heterocycles. The fourth-order valence-electron chi connectivity index (χ4n) is 3.54. The van der Waals surface area contributed by atoms with E-state index in [1.54, 1.807) is 0 Å². The zero-order valence-electron chi connectivity index (χ0n) is 18.4. The van der Waals surface area contributed by atoms with E-state index >= 15 is 0 Å². The molecule has 32 heavy (non-hydrogen) atoms. The lowest BCUT2D eigenvalue weighted by Crippen LogP contribution is -2.28. The number of fused-ring (bicyclic) bond motifs is 1. The van der Waals surface area contributed by atoms with Gasteiger partial charge in [0.1, 0.15) is 12.4 Å². The van der Waals surface area contributed by atoms with E-state index in [4.69, 9.17) is 4.74 Å². The summed E-state index contributed by atoms with van der Waals surface area (Å²) in [5.41, 5.74) is 2.18. The highest BCUT2D eigenvalue weighted by Crippen LogP contribution is 2.28. The number of nitrogens with one attached hydrogen (secondary N) is 1. The predicted molar refractivity (Wildman–Crippen MR) is 128 cm³/mol. The summed E-state index contributed by atoms with van der Waals surface area (Å²) in [5, 5.41) is 14.5. The largest absolute Gasteiger partial charge is 0.485 e. The summed E-state index contributed by atoms with van der Waals surface area (Å²) in [7, 11) is 1.89. The number of rotatable bonds is 8. The van der Waals surface area contributed by atoms with Crippen molar-refractivity contribution in [1.29, 1.82) is 0 Å². The number of thioether (sulfide) groups is 1. The molecule has 4 rings (SSSR count). The van der Waals surface area contributed by atoms with Crippen molar-refractivity contribution in [3.05, 3.63) is 83.7 Å². The zero-order chi connectivity index (χ0) is 22.5. The van der Waals surface area contributed by atoms with Gasteiger partial charge in [-0.2, -0.15) is 0 Å². The SMILES string of the molecule is Cc1c(OCc2nnc(SCC(=O)N[C@H](C)c3ccccc3)n2C)ccc2ccccc12. The van der Waals surface area contributed by atoms with E-state index < -0.39 is 0 Å². The van der Waals surface area contributed by atoms with Gasteiger partial charge >= 0.3 is 0 Å². The van der Waals surface area contributed by atoms with Gasteiger partial charge in [-0.25, -0.2) is 0 Å². The maximum Gasteiger partial charge on any atom is 0.230 e. The van der Waals surface area contributed by atoms with Gasteiger partial charge in [-0.3, -0.25) is 4.79 Å². The van der Waals surface area contributed by atoms with Crippen LogP contribution >= 0.6 is 11.8 Å². The summed E-state index contributed by atoms with van der Waals surface area (Å²) in [6, 6.07) is 22.2. The molecule has 6 nitrogen and oxygen atoms in total. The first-order valence-electron chi connectivity index (χ1n) is 10.5. The Morgan fingerprint density at radius 3 is 2.62 bits per heavy atom. The Labute approximate surface area is 192 Å². The first-order chi connectivity index (χ1) is 15.5. The summed E-state index contributed by atoms with van der Waals surface area (Å²) in [6.45, 7) is 4.34. The van der Waals surface area contributed by atoms with Crippen LogP contribution in [-0.2, 0) is 18.4 Å². The van der Waals surface area contributed by atoms with Crippen LogP contribution in [0.25, 0.3) is 10.8 Å².